The van der Waals surface area contributed by atoms with Crippen LogP contribution in [0, 0.1) is 0 Å². The van der Waals surface area contributed by atoms with E-state index in [0.29, 0.717) is 38.0 Å². The lowest BCUT2D eigenvalue weighted by molar-refractivity contribution is -0.141. The van der Waals surface area contributed by atoms with E-state index in [1.165, 1.54) is 33.5 Å². The maximum Gasteiger partial charge on any atom is 0.326 e. The van der Waals surface area contributed by atoms with Crippen molar-refractivity contribution >= 4 is 21.9 Å². The highest BCUT2D eigenvalue weighted by molar-refractivity contribution is 7.89. The topological polar surface area (TPSA) is 95.0 Å². The van der Waals surface area contributed by atoms with Gasteiger partial charge in [-0.2, -0.15) is 4.31 Å². The lowest BCUT2D eigenvalue weighted by Gasteiger charge is -2.22. The molecule has 1 aromatic carbocycles. The largest absolute Gasteiger partial charge is 0.480 e. The highest BCUT2D eigenvalue weighted by Gasteiger charge is 2.34. The number of amides is 1. The van der Waals surface area contributed by atoms with Crippen molar-refractivity contribution in [2.45, 2.75) is 49.5 Å². The zero-order chi connectivity index (χ0) is 18.7. The van der Waals surface area contributed by atoms with Crippen LogP contribution in [0.4, 0.5) is 0 Å². The van der Waals surface area contributed by atoms with Crippen LogP contribution >= 0.6 is 0 Å². The molecule has 0 spiro atoms. The van der Waals surface area contributed by atoms with Crippen LogP contribution in [-0.4, -0.2) is 60.3 Å². The first-order valence-electron chi connectivity index (χ1n) is 9.05. The fourth-order valence-electron chi connectivity index (χ4n) is 3.63. The molecule has 1 unspecified atom stereocenters. The van der Waals surface area contributed by atoms with Gasteiger partial charge in [-0.1, -0.05) is 12.8 Å². The van der Waals surface area contributed by atoms with Gasteiger partial charge < -0.3 is 10.0 Å². The highest BCUT2D eigenvalue weighted by atomic mass is 32.2. The minimum absolute atomic E-state index is 0.173. The summed E-state index contributed by atoms with van der Waals surface area (Å²) in [5, 5.41) is 9.22. The Bertz CT molecular complexity index is 767. The number of hydrogen-bond donors (Lipinski definition) is 1. The molecule has 2 aliphatic rings. The summed E-state index contributed by atoms with van der Waals surface area (Å²) in [6, 6.07) is 5.04. The number of benzene rings is 1. The van der Waals surface area contributed by atoms with Gasteiger partial charge in [0.1, 0.15) is 6.04 Å². The van der Waals surface area contributed by atoms with Crippen molar-refractivity contribution in [3.8, 4) is 0 Å². The second-order valence-corrected chi connectivity index (χ2v) is 8.78. The molecule has 0 aliphatic carbocycles. The third kappa shape index (κ3) is 3.76. The Kier molecular flexibility index (Phi) is 5.62. The van der Waals surface area contributed by atoms with Gasteiger partial charge in [-0.15, -0.1) is 0 Å². The van der Waals surface area contributed by atoms with E-state index in [1.54, 1.807) is 0 Å². The van der Waals surface area contributed by atoms with Crippen molar-refractivity contribution < 1.29 is 23.1 Å². The number of carbonyl (C=O) groups is 2. The van der Waals surface area contributed by atoms with E-state index in [-0.39, 0.29) is 10.8 Å². The van der Waals surface area contributed by atoms with E-state index in [9.17, 15) is 23.1 Å². The predicted octanol–water partition coefficient (Wildman–Crippen LogP) is 1.94. The molecule has 0 saturated carbocycles. The molecule has 1 aromatic rings. The Balaban J connectivity index is 1.77. The van der Waals surface area contributed by atoms with Crippen molar-refractivity contribution in [3.05, 3.63) is 29.8 Å². The molecule has 3 rings (SSSR count). The summed E-state index contributed by atoms with van der Waals surface area (Å²) in [6.07, 6.45) is 4.91. The van der Waals surface area contributed by atoms with Crippen molar-refractivity contribution in [1.29, 1.82) is 0 Å². The van der Waals surface area contributed by atoms with Gasteiger partial charge in [-0.25, -0.2) is 13.2 Å². The van der Waals surface area contributed by atoms with Crippen molar-refractivity contribution in [1.82, 2.24) is 9.21 Å². The molecule has 2 heterocycles. The van der Waals surface area contributed by atoms with Gasteiger partial charge in [-0.3, -0.25) is 4.79 Å². The molecular formula is C18H24N2O5S. The molecule has 0 radical (unpaired) electrons. The fourth-order valence-corrected chi connectivity index (χ4v) is 5.15. The quantitative estimate of drug-likeness (QED) is 0.861. The van der Waals surface area contributed by atoms with E-state index < -0.39 is 22.0 Å². The predicted molar refractivity (Wildman–Crippen MR) is 95.4 cm³/mol. The van der Waals surface area contributed by atoms with Crippen LogP contribution in [0.5, 0.6) is 0 Å². The van der Waals surface area contributed by atoms with Gasteiger partial charge in [0.25, 0.3) is 5.91 Å². The molecule has 2 fully saturated rings. The van der Waals surface area contributed by atoms with Crippen molar-refractivity contribution in [2.75, 3.05) is 19.6 Å². The Morgan fingerprint density at radius 1 is 0.923 bits per heavy atom. The number of likely N-dealkylation sites (tertiary alicyclic amines) is 1. The number of nitrogens with zero attached hydrogens (tertiary/aromatic N) is 2. The number of hydrogen-bond acceptors (Lipinski definition) is 4. The molecule has 7 nitrogen and oxygen atoms in total. The number of sulfonamides is 1. The van der Waals surface area contributed by atoms with Gasteiger partial charge >= 0.3 is 5.97 Å². The Hall–Kier alpha value is -1.93. The molecule has 142 valence electrons. The second kappa shape index (κ2) is 7.75. The normalized spacial score (nSPS) is 22.2. The molecule has 2 aliphatic heterocycles. The van der Waals surface area contributed by atoms with E-state index in [2.05, 4.69) is 0 Å². The summed E-state index contributed by atoms with van der Waals surface area (Å²) in [6.45, 7) is 1.46. The smallest absolute Gasteiger partial charge is 0.326 e. The molecule has 1 N–H and O–H groups in total. The van der Waals surface area contributed by atoms with Gasteiger partial charge in [0.2, 0.25) is 10.0 Å². The molecular weight excluding hydrogens is 356 g/mol. The summed E-state index contributed by atoms with van der Waals surface area (Å²) in [5.74, 6) is -1.37. The zero-order valence-electron chi connectivity index (χ0n) is 14.6. The molecule has 8 heteroatoms. The van der Waals surface area contributed by atoms with Crippen LogP contribution in [-0.2, 0) is 14.8 Å². The first-order valence-corrected chi connectivity index (χ1v) is 10.5. The third-order valence-corrected chi connectivity index (χ3v) is 7.02. The summed E-state index contributed by atoms with van der Waals surface area (Å²) in [7, 11) is -3.56. The van der Waals surface area contributed by atoms with Crippen LogP contribution in [0.25, 0.3) is 0 Å². The van der Waals surface area contributed by atoms with Crippen LogP contribution in [0.2, 0.25) is 0 Å². The maximum absolute atomic E-state index is 12.8. The Morgan fingerprint density at radius 2 is 1.54 bits per heavy atom. The van der Waals surface area contributed by atoms with Gasteiger partial charge in [0.05, 0.1) is 4.90 Å². The molecule has 0 aromatic heterocycles. The van der Waals surface area contributed by atoms with Crippen LogP contribution < -0.4 is 0 Å². The first-order chi connectivity index (χ1) is 12.4. The summed E-state index contributed by atoms with van der Waals surface area (Å²) in [5.41, 5.74) is 0.313. The van der Waals surface area contributed by atoms with Gasteiger partial charge in [-0.05, 0) is 49.9 Å². The summed E-state index contributed by atoms with van der Waals surface area (Å²) < 4.78 is 27.1. The third-order valence-electron chi connectivity index (χ3n) is 5.10. The van der Waals surface area contributed by atoms with Crippen LogP contribution in [0.3, 0.4) is 0 Å². The summed E-state index contributed by atoms with van der Waals surface area (Å²) >= 11 is 0. The monoisotopic (exact) mass is 380 g/mol. The first kappa shape index (κ1) is 18.8. The van der Waals surface area contributed by atoms with E-state index in [1.807, 2.05) is 0 Å². The molecule has 1 amide bonds. The van der Waals surface area contributed by atoms with E-state index in [0.717, 1.165) is 25.7 Å². The molecule has 2 saturated heterocycles. The number of carboxylic acid groups (broad SMARTS) is 1. The minimum Gasteiger partial charge on any atom is -0.480 e. The number of rotatable bonds is 4. The standard InChI is InChI=1S/C18H24N2O5S/c21-17(20-13-5-6-16(20)18(22)23)14-7-9-15(10-8-14)26(24,25)19-11-3-1-2-4-12-19/h7-10,16H,1-6,11-13H2,(H,22,23). The number of carboxylic acids is 1. The zero-order valence-corrected chi connectivity index (χ0v) is 15.5. The lowest BCUT2D eigenvalue weighted by atomic mass is 10.1. The van der Waals surface area contributed by atoms with Gasteiger partial charge in [0, 0.05) is 25.2 Å². The Morgan fingerprint density at radius 3 is 2.12 bits per heavy atom. The average Bonchev–Trinajstić information content (AvgIpc) is 2.96. The minimum atomic E-state index is -3.56. The highest BCUT2D eigenvalue weighted by Crippen LogP contribution is 2.23. The maximum atomic E-state index is 12.8. The van der Waals surface area contributed by atoms with Crippen LogP contribution in [0.15, 0.2) is 29.2 Å². The lowest BCUT2D eigenvalue weighted by Crippen LogP contribution is -2.40. The van der Waals surface area contributed by atoms with Crippen LogP contribution in [0.1, 0.15) is 48.9 Å². The average molecular weight is 380 g/mol. The second-order valence-electron chi connectivity index (χ2n) is 6.84. The molecule has 0 bridgehead atoms. The van der Waals surface area contributed by atoms with Crippen molar-refractivity contribution in [3.63, 3.8) is 0 Å². The van der Waals surface area contributed by atoms with E-state index in [4.69, 9.17) is 0 Å². The van der Waals surface area contributed by atoms with E-state index >= 15 is 0 Å². The summed E-state index contributed by atoms with van der Waals surface area (Å²) in [4.78, 5) is 25.4. The fraction of sp³-hybridized carbons (Fsp3) is 0.556. The SMILES string of the molecule is O=C(O)C1CCCN1C(=O)c1ccc(S(=O)(=O)N2CCCCCC2)cc1. The van der Waals surface area contributed by atoms with Gasteiger partial charge in [0.15, 0.2) is 0 Å². The molecule has 26 heavy (non-hydrogen) atoms. The van der Waals surface area contributed by atoms with Crippen molar-refractivity contribution in [2.24, 2.45) is 0 Å². The Labute approximate surface area is 153 Å². The number of carbonyl (C=O) groups excluding carboxylic acids is 1. The molecule has 1 atom stereocenters. The number of aliphatic carboxylic acids is 1.